The van der Waals surface area contributed by atoms with Crippen LogP contribution in [0.2, 0.25) is 0 Å². The lowest BCUT2D eigenvalue weighted by Gasteiger charge is -2.12. The van der Waals surface area contributed by atoms with Crippen molar-refractivity contribution in [1.82, 2.24) is 5.32 Å². The van der Waals surface area contributed by atoms with Gasteiger partial charge in [0.1, 0.15) is 5.82 Å². The van der Waals surface area contributed by atoms with Gasteiger partial charge in [-0.05, 0) is 37.5 Å². The molecule has 3 nitrogen and oxygen atoms in total. The Morgan fingerprint density at radius 1 is 1.41 bits per heavy atom. The number of nitrogens with one attached hydrogen (secondary N) is 1. The van der Waals surface area contributed by atoms with E-state index in [0.717, 1.165) is 5.56 Å². The molecule has 0 aliphatic carbocycles. The van der Waals surface area contributed by atoms with E-state index < -0.39 is 5.97 Å². The zero-order chi connectivity index (χ0) is 13.0. The first-order valence-electron chi connectivity index (χ1n) is 5.61. The molecule has 0 saturated carbocycles. The maximum Gasteiger partial charge on any atom is 0.304 e. The van der Waals surface area contributed by atoms with E-state index in [0.29, 0.717) is 17.7 Å². The molecular weight excluding hydrogens is 221 g/mol. The van der Waals surface area contributed by atoms with E-state index >= 15 is 0 Å². The van der Waals surface area contributed by atoms with Crippen molar-refractivity contribution in [2.45, 2.75) is 39.8 Å². The van der Waals surface area contributed by atoms with Crippen molar-refractivity contribution in [3.8, 4) is 0 Å². The Kier molecular flexibility index (Phi) is 4.63. The fraction of sp³-hybridized carbons (Fsp3) is 0.462. The number of halogens is 1. The Hall–Kier alpha value is -1.42. The monoisotopic (exact) mass is 239 g/mol. The summed E-state index contributed by atoms with van der Waals surface area (Å²) in [5.74, 6) is -0.996. The summed E-state index contributed by atoms with van der Waals surface area (Å²) in [6, 6.07) is 3.46. The van der Waals surface area contributed by atoms with E-state index in [1.807, 2.05) is 6.92 Å². The first-order valence-corrected chi connectivity index (χ1v) is 5.61. The molecule has 94 valence electrons. The smallest absolute Gasteiger partial charge is 0.304 e. The third kappa shape index (κ3) is 4.15. The van der Waals surface area contributed by atoms with E-state index in [-0.39, 0.29) is 18.3 Å². The molecule has 0 aliphatic rings. The summed E-state index contributed by atoms with van der Waals surface area (Å²) in [4.78, 5) is 10.5. The van der Waals surface area contributed by atoms with Crippen molar-refractivity contribution in [2.75, 3.05) is 0 Å². The first kappa shape index (κ1) is 13.6. The van der Waals surface area contributed by atoms with Crippen molar-refractivity contribution in [2.24, 2.45) is 0 Å². The number of aryl methyl sites for hydroxylation is 2. The number of rotatable bonds is 5. The third-order valence-corrected chi connectivity index (χ3v) is 2.63. The molecule has 0 spiro atoms. The molecule has 0 radical (unpaired) electrons. The predicted octanol–water partition coefficient (Wildman–Crippen LogP) is 2.40. The van der Waals surface area contributed by atoms with Gasteiger partial charge in [0.15, 0.2) is 0 Å². The number of carboxylic acids is 1. The third-order valence-electron chi connectivity index (χ3n) is 2.63. The van der Waals surface area contributed by atoms with Crippen LogP contribution in [0.5, 0.6) is 0 Å². The fourth-order valence-electron chi connectivity index (χ4n) is 1.76. The van der Waals surface area contributed by atoms with Gasteiger partial charge in [0.05, 0.1) is 6.42 Å². The topological polar surface area (TPSA) is 49.3 Å². The van der Waals surface area contributed by atoms with Gasteiger partial charge in [-0.25, -0.2) is 4.39 Å². The van der Waals surface area contributed by atoms with Crippen molar-refractivity contribution in [1.29, 1.82) is 0 Å². The Labute approximate surface area is 101 Å². The van der Waals surface area contributed by atoms with Gasteiger partial charge < -0.3 is 10.4 Å². The van der Waals surface area contributed by atoms with Gasteiger partial charge in [-0.1, -0.05) is 12.1 Å². The number of aliphatic carboxylic acids is 1. The predicted molar refractivity (Wildman–Crippen MR) is 64.4 cm³/mol. The van der Waals surface area contributed by atoms with Crippen LogP contribution in [0.1, 0.15) is 30.0 Å². The minimum Gasteiger partial charge on any atom is -0.481 e. The normalized spacial score (nSPS) is 12.5. The standard InChI is InChI=1S/C13H18FNO2/c1-8-4-11(5-9(2)13(8)14)7-15-10(3)6-12(16)17/h4-5,10,15H,6-7H2,1-3H3,(H,16,17). The molecule has 1 rings (SSSR count). The lowest BCUT2D eigenvalue weighted by Crippen LogP contribution is -2.28. The average molecular weight is 239 g/mol. The maximum absolute atomic E-state index is 13.4. The van der Waals surface area contributed by atoms with Crippen LogP contribution >= 0.6 is 0 Å². The summed E-state index contributed by atoms with van der Waals surface area (Å²) in [7, 11) is 0. The molecule has 0 aromatic heterocycles. The quantitative estimate of drug-likeness (QED) is 0.829. The summed E-state index contributed by atoms with van der Waals surface area (Å²) in [5.41, 5.74) is 2.21. The van der Waals surface area contributed by atoms with Gasteiger partial charge in [0.2, 0.25) is 0 Å². The summed E-state index contributed by atoms with van der Waals surface area (Å²) in [6.07, 6.45) is 0.0825. The van der Waals surface area contributed by atoms with E-state index in [9.17, 15) is 9.18 Å². The number of hydrogen-bond donors (Lipinski definition) is 2. The lowest BCUT2D eigenvalue weighted by molar-refractivity contribution is -0.137. The van der Waals surface area contributed by atoms with Crippen LogP contribution in [0, 0.1) is 19.7 Å². The van der Waals surface area contributed by atoms with E-state index in [4.69, 9.17) is 5.11 Å². The average Bonchev–Trinajstić information content (AvgIpc) is 2.22. The minimum absolute atomic E-state index is 0.0825. The summed E-state index contributed by atoms with van der Waals surface area (Å²) < 4.78 is 13.4. The molecule has 1 atom stereocenters. The van der Waals surface area contributed by atoms with Crippen LogP contribution in [-0.4, -0.2) is 17.1 Å². The zero-order valence-electron chi connectivity index (χ0n) is 10.4. The highest BCUT2D eigenvalue weighted by molar-refractivity contribution is 5.67. The number of hydrogen-bond acceptors (Lipinski definition) is 2. The summed E-state index contributed by atoms with van der Waals surface area (Å²) >= 11 is 0. The molecule has 17 heavy (non-hydrogen) atoms. The van der Waals surface area contributed by atoms with Crippen molar-refractivity contribution in [3.63, 3.8) is 0 Å². The molecule has 2 N–H and O–H groups in total. The van der Waals surface area contributed by atoms with Crippen molar-refractivity contribution < 1.29 is 14.3 Å². The van der Waals surface area contributed by atoms with Gasteiger partial charge in [-0.3, -0.25) is 4.79 Å². The Morgan fingerprint density at radius 2 is 1.94 bits per heavy atom. The zero-order valence-corrected chi connectivity index (χ0v) is 10.4. The second kappa shape index (κ2) is 5.77. The molecule has 0 fully saturated rings. The van der Waals surface area contributed by atoms with Crippen LogP contribution in [0.4, 0.5) is 4.39 Å². The molecule has 1 aromatic carbocycles. The van der Waals surface area contributed by atoms with Gasteiger partial charge >= 0.3 is 5.97 Å². The van der Waals surface area contributed by atoms with Crippen molar-refractivity contribution >= 4 is 5.97 Å². The van der Waals surface area contributed by atoms with E-state index in [2.05, 4.69) is 5.32 Å². The van der Waals surface area contributed by atoms with Gasteiger partial charge in [-0.15, -0.1) is 0 Å². The minimum atomic E-state index is -0.823. The summed E-state index contributed by atoms with van der Waals surface area (Å²) in [6.45, 7) is 5.83. The second-order valence-electron chi connectivity index (χ2n) is 4.42. The highest BCUT2D eigenvalue weighted by Gasteiger charge is 2.08. The van der Waals surface area contributed by atoms with Gasteiger partial charge in [-0.2, -0.15) is 0 Å². The molecule has 0 saturated heterocycles. The van der Waals surface area contributed by atoms with Crippen LogP contribution in [0.3, 0.4) is 0 Å². The molecule has 0 aliphatic heterocycles. The largest absolute Gasteiger partial charge is 0.481 e. The number of benzene rings is 1. The Bertz CT molecular complexity index is 395. The Balaban J connectivity index is 2.61. The number of carbonyl (C=O) groups is 1. The SMILES string of the molecule is Cc1cc(CNC(C)CC(=O)O)cc(C)c1F. The highest BCUT2D eigenvalue weighted by atomic mass is 19.1. The van der Waals surface area contributed by atoms with Gasteiger partial charge in [0, 0.05) is 12.6 Å². The van der Waals surface area contributed by atoms with Crippen LogP contribution in [-0.2, 0) is 11.3 Å². The highest BCUT2D eigenvalue weighted by Crippen LogP contribution is 2.14. The van der Waals surface area contributed by atoms with Crippen LogP contribution in [0.25, 0.3) is 0 Å². The van der Waals surface area contributed by atoms with Gasteiger partial charge in [0.25, 0.3) is 0 Å². The maximum atomic E-state index is 13.4. The van der Waals surface area contributed by atoms with Crippen LogP contribution < -0.4 is 5.32 Å². The Morgan fingerprint density at radius 3 is 2.41 bits per heavy atom. The summed E-state index contributed by atoms with van der Waals surface area (Å²) in [5, 5.41) is 11.7. The van der Waals surface area contributed by atoms with Crippen LogP contribution in [0.15, 0.2) is 12.1 Å². The van der Waals surface area contributed by atoms with E-state index in [1.165, 1.54) is 0 Å². The molecule has 4 heteroatoms. The molecule has 0 bridgehead atoms. The number of carboxylic acid groups (broad SMARTS) is 1. The molecule has 1 aromatic rings. The lowest BCUT2D eigenvalue weighted by atomic mass is 10.1. The molecular formula is C13H18FNO2. The molecule has 0 amide bonds. The molecule has 0 heterocycles. The first-order chi connectivity index (χ1) is 7.90. The van der Waals surface area contributed by atoms with E-state index in [1.54, 1.807) is 26.0 Å². The van der Waals surface area contributed by atoms with Crippen molar-refractivity contribution in [3.05, 3.63) is 34.6 Å². The fourth-order valence-corrected chi connectivity index (χ4v) is 1.76. The molecule has 1 unspecified atom stereocenters. The second-order valence-corrected chi connectivity index (χ2v) is 4.42.